The molecule has 0 atom stereocenters. The van der Waals surface area contributed by atoms with Crippen LogP contribution in [0.15, 0.2) is 71.8 Å². The van der Waals surface area contributed by atoms with Gasteiger partial charge in [-0.15, -0.1) is 0 Å². The number of rotatable bonds is 5. The molecule has 0 aliphatic carbocycles. The first kappa shape index (κ1) is 17.8. The Labute approximate surface area is 165 Å². The van der Waals surface area contributed by atoms with Gasteiger partial charge in [-0.3, -0.25) is 14.8 Å². The first-order chi connectivity index (χ1) is 13.3. The lowest BCUT2D eigenvalue weighted by Crippen LogP contribution is -2.23. The van der Waals surface area contributed by atoms with Crippen LogP contribution in [0.3, 0.4) is 0 Å². The number of para-hydroxylation sites is 1. The Bertz CT molecular complexity index is 1130. The van der Waals surface area contributed by atoms with Gasteiger partial charge in [0.05, 0.1) is 23.3 Å². The van der Waals surface area contributed by atoms with Crippen molar-refractivity contribution in [3.8, 4) is 0 Å². The molecule has 6 heteroatoms. The van der Waals surface area contributed by atoms with E-state index >= 15 is 0 Å². The fourth-order valence-electron chi connectivity index (χ4n) is 2.97. The van der Waals surface area contributed by atoms with Crippen LogP contribution in [0, 0.1) is 0 Å². The number of carbonyl (C=O) groups excluding carboxylic acids is 1. The molecule has 4 nitrogen and oxygen atoms in total. The summed E-state index contributed by atoms with van der Waals surface area (Å²) in [6, 6.07) is 19.5. The Morgan fingerprint density at radius 2 is 1.93 bits per heavy atom. The second-order valence-electron chi connectivity index (χ2n) is 5.94. The van der Waals surface area contributed by atoms with Gasteiger partial charge in [0, 0.05) is 27.4 Å². The molecule has 0 saturated carbocycles. The number of nitrogens with zero attached hydrogens (tertiary/aromatic N) is 2. The molecule has 0 unspecified atom stereocenters. The third-order valence-electron chi connectivity index (χ3n) is 4.24. The zero-order valence-electron chi connectivity index (χ0n) is 14.7. The van der Waals surface area contributed by atoms with Crippen molar-refractivity contribution in [3.63, 3.8) is 0 Å². The zero-order valence-corrected chi connectivity index (χ0v) is 16.3. The highest BCUT2D eigenvalue weighted by Gasteiger charge is 2.13. The summed E-state index contributed by atoms with van der Waals surface area (Å²) in [5, 5.41) is 4.93. The van der Waals surface area contributed by atoms with Crippen molar-refractivity contribution in [2.45, 2.75) is 11.4 Å². The monoisotopic (exact) mass is 391 g/mol. The maximum Gasteiger partial charge on any atom is 0.252 e. The summed E-state index contributed by atoms with van der Waals surface area (Å²) < 4.78 is 0. The number of benzene rings is 2. The fraction of sp³-hybridized carbons (Fsp3) is 0.0952. The van der Waals surface area contributed by atoms with E-state index in [4.69, 9.17) is 0 Å². The van der Waals surface area contributed by atoms with E-state index in [0.717, 1.165) is 32.4 Å². The lowest BCUT2D eigenvalue weighted by molar-refractivity contribution is 0.0952. The molecule has 2 aromatic carbocycles. The van der Waals surface area contributed by atoms with E-state index in [9.17, 15) is 4.79 Å². The van der Waals surface area contributed by atoms with Crippen LogP contribution in [0.5, 0.6) is 0 Å². The summed E-state index contributed by atoms with van der Waals surface area (Å²) in [5.41, 5.74) is 3.24. The topological polar surface area (TPSA) is 54.9 Å². The average molecular weight is 392 g/mol. The van der Waals surface area contributed by atoms with Crippen LogP contribution >= 0.6 is 21.6 Å². The Hall–Kier alpha value is -2.57. The normalized spacial score (nSPS) is 11.0. The average Bonchev–Trinajstić information content (AvgIpc) is 2.72. The van der Waals surface area contributed by atoms with E-state index in [0.29, 0.717) is 12.1 Å². The first-order valence-electron chi connectivity index (χ1n) is 8.47. The summed E-state index contributed by atoms with van der Waals surface area (Å²) >= 11 is 0. The van der Waals surface area contributed by atoms with Crippen molar-refractivity contribution in [3.05, 3.63) is 78.1 Å². The van der Waals surface area contributed by atoms with E-state index in [1.54, 1.807) is 27.8 Å². The largest absolute Gasteiger partial charge is 0.346 e. The summed E-state index contributed by atoms with van der Waals surface area (Å²) in [4.78, 5) is 22.9. The number of hydrogen-bond acceptors (Lipinski definition) is 5. The molecule has 27 heavy (non-hydrogen) atoms. The van der Waals surface area contributed by atoms with Gasteiger partial charge < -0.3 is 5.32 Å². The Kier molecular flexibility index (Phi) is 5.27. The second-order valence-corrected chi connectivity index (χ2v) is 8.38. The van der Waals surface area contributed by atoms with E-state index < -0.39 is 0 Å². The molecule has 0 bridgehead atoms. The van der Waals surface area contributed by atoms with Crippen LogP contribution < -0.4 is 5.32 Å². The number of carbonyl (C=O) groups is 1. The van der Waals surface area contributed by atoms with Crippen LogP contribution in [0.25, 0.3) is 21.8 Å². The van der Waals surface area contributed by atoms with Crippen molar-refractivity contribution >= 4 is 49.3 Å². The Morgan fingerprint density at radius 1 is 1.04 bits per heavy atom. The molecule has 0 saturated heterocycles. The Morgan fingerprint density at radius 3 is 2.81 bits per heavy atom. The van der Waals surface area contributed by atoms with Gasteiger partial charge in [-0.05, 0) is 36.6 Å². The molecule has 0 aliphatic rings. The zero-order chi connectivity index (χ0) is 18.6. The second kappa shape index (κ2) is 7.98. The molecule has 0 fully saturated rings. The smallest absolute Gasteiger partial charge is 0.252 e. The lowest BCUT2D eigenvalue weighted by Gasteiger charge is -2.10. The van der Waals surface area contributed by atoms with Crippen LogP contribution in [0.4, 0.5) is 0 Å². The summed E-state index contributed by atoms with van der Waals surface area (Å²) in [7, 11) is 3.31. The Balaban J connectivity index is 1.58. The van der Waals surface area contributed by atoms with Gasteiger partial charge in [-0.25, -0.2) is 0 Å². The molecule has 2 heterocycles. The molecule has 4 aromatic rings. The predicted octanol–water partition coefficient (Wildman–Crippen LogP) is 5.08. The maximum atomic E-state index is 12.8. The molecule has 0 spiro atoms. The number of amides is 1. The van der Waals surface area contributed by atoms with Gasteiger partial charge in [0.15, 0.2) is 0 Å². The molecule has 0 radical (unpaired) electrons. The molecule has 134 valence electrons. The van der Waals surface area contributed by atoms with Crippen molar-refractivity contribution in [2.75, 3.05) is 6.26 Å². The van der Waals surface area contributed by atoms with Gasteiger partial charge in [0.1, 0.15) is 0 Å². The van der Waals surface area contributed by atoms with Gasteiger partial charge in [0.25, 0.3) is 5.91 Å². The van der Waals surface area contributed by atoms with Gasteiger partial charge in [-0.2, -0.15) is 0 Å². The molecule has 1 amide bonds. The van der Waals surface area contributed by atoms with E-state index in [-0.39, 0.29) is 5.91 Å². The molecule has 4 rings (SSSR count). The van der Waals surface area contributed by atoms with Crippen LogP contribution in [0.1, 0.15) is 16.1 Å². The fourth-order valence-corrected chi connectivity index (χ4v) is 4.46. The van der Waals surface area contributed by atoms with Crippen molar-refractivity contribution < 1.29 is 4.79 Å². The highest BCUT2D eigenvalue weighted by Crippen LogP contribution is 2.34. The summed E-state index contributed by atoms with van der Waals surface area (Å²) in [5.74, 6) is -0.122. The lowest BCUT2D eigenvalue weighted by atomic mass is 10.1. The molecular formula is C21H17N3OS2. The van der Waals surface area contributed by atoms with Crippen molar-refractivity contribution in [1.29, 1.82) is 0 Å². The van der Waals surface area contributed by atoms with E-state index in [2.05, 4.69) is 15.3 Å². The van der Waals surface area contributed by atoms with Crippen molar-refractivity contribution in [2.24, 2.45) is 0 Å². The van der Waals surface area contributed by atoms with Gasteiger partial charge in [-0.1, -0.05) is 51.9 Å². The SMILES string of the molecule is CSSc1ccc(C(=O)NCc2ccc3ccccc3n2)c2cccnc12. The molecule has 2 aromatic heterocycles. The molecule has 0 aliphatic heterocycles. The van der Waals surface area contributed by atoms with E-state index in [1.807, 2.05) is 66.9 Å². The molecular weight excluding hydrogens is 374 g/mol. The maximum absolute atomic E-state index is 12.8. The highest BCUT2D eigenvalue weighted by atomic mass is 33.1. The van der Waals surface area contributed by atoms with Crippen LogP contribution in [0.2, 0.25) is 0 Å². The van der Waals surface area contributed by atoms with Crippen molar-refractivity contribution in [1.82, 2.24) is 15.3 Å². The number of aromatic nitrogens is 2. The highest BCUT2D eigenvalue weighted by molar-refractivity contribution is 8.76. The van der Waals surface area contributed by atoms with Gasteiger partial charge in [0.2, 0.25) is 0 Å². The minimum Gasteiger partial charge on any atom is -0.346 e. The number of hydrogen-bond donors (Lipinski definition) is 1. The number of pyridine rings is 2. The third-order valence-corrected chi connectivity index (χ3v) is 5.95. The standard InChI is InChI=1S/C21H17N3OS2/c1-26-27-19-11-10-17(16-6-4-12-22-20(16)19)21(25)23-13-15-9-8-14-5-2-3-7-18(14)24-15/h2-12H,13H2,1H3,(H,23,25). The van der Waals surface area contributed by atoms with Gasteiger partial charge >= 0.3 is 0 Å². The van der Waals surface area contributed by atoms with E-state index in [1.165, 1.54) is 0 Å². The van der Waals surface area contributed by atoms with Crippen LogP contribution in [-0.2, 0) is 6.54 Å². The summed E-state index contributed by atoms with van der Waals surface area (Å²) in [6.45, 7) is 0.382. The predicted molar refractivity (Wildman–Crippen MR) is 114 cm³/mol. The summed E-state index contributed by atoms with van der Waals surface area (Å²) in [6.07, 6.45) is 3.78. The minimum absolute atomic E-state index is 0.122. The van der Waals surface area contributed by atoms with Crippen LogP contribution in [-0.4, -0.2) is 22.1 Å². The minimum atomic E-state index is -0.122. The number of nitrogens with one attached hydrogen (secondary N) is 1. The quantitative estimate of drug-likeness (QED) is 0.481. The third kappa shape index (κ3) is 3.77. The number of fused-ring (bicyclic) bond motifs is 2. The first-order valence-corrected chi connectivity index (χ1v) is 11.0. The molecule has 1 N–H and O–H groups in total.